The second-order valence-corrected chi connectivity index (χ2v) is 2.64. The summed E-state index contributed by atoms with van der Waals surface area (Å²) in [5, 5.41) is 4.23. The van der Waals surface area contributed by atoms with E-state index in [1.807, 2.05) is 33.8 Å². The van der Waals surface area contributed by atoms with E-state index in [1.54, 1.807) is 17.9 Å². The fourth-order valence-electron chi connectivity index (χ4n) is 1.21. The van der Waals surface area contributed by atoms with Gasteiger partial charge in [-0.2, -0.15) is 5.10 Å². The smallest absolute Gasteiger partial charge is 0.151 e. The van der Waals surface area contributed by atoms with Gasteiger partial charge >= 0.3 is 0 Å². The first kappa shape index (κ1) is 12.6. The highest BCUT2D eigenvalue weighted by atomic mass is 15.3. The predicted molar refractivity (Wildman–Crippen MR) is 60.9 cm³/mol. The molecule has 3 heteroatoms. The Kier molecular flexibility index (Phi) is 5.53. The molecule has 0 radical (unpaired) electrons. The maximum absolute atomic E-state index is 4.23. The third-order valence-corrected chi connectivity index (χ3v) is 1.65. The molecule has 0 aliphatic carbocycles. The summed E-state index contributed by atoms with van der Waals surface area (Å²) in [5.41, 5.74) is 2.94. The zero-order valence-corrected chi connectivity index (χ0v) is 9.70. The van der Waals surface area contributed by atoms with Crippen molar-refractivity contribution in [1.82, 2.24) is 9.78 Å². The topological polar surface area (TPSA) is 30.2 Å². The van der Waals surface area contributed by atoms with Crippen molar-refractivity contribution in [1.29, 1.82) is 0 Å². The molecule has 0 spiro atoms. The number of nitrogens with zero attached hydrogens (tertiary/aromatic N) is 3. The van der Waals surface area contributed by atoms with E-state index in [-0.39, 0.29) is 0 Å². The molecule has 78 valence electrons. The van der Waals surface area contributed by atoms with E-state index in [1.165, 1.54) is 0 Å². The van der Waals surface area contributed by atoms with E-state index in [2.05, 4.69) is 16.7 Å². The van der Waals surface area contributed by atoms with E-state index >= 15 is 0 Å². The lowest BCUT2D eigenvalue weighted by Crippen LogP contribution is -2.22. The molecule has 0 aromatic carbocycles. The standard InChI is InChI=1S/C9H13N3.C2H6/c1-5-12-9(10-4)7(2)6-8(3)11-12;1-2/h5-6H,1H2,2-4H3;1-2H3. The normalized spacial score (nSPS) is 10.5. The highest BCUT2D eigenvalue weighted by molar-refractivity contribution is 5.19. The Morgan fingerprint density at radius 2 is 2.00 bits per heavy atom. The summed E-state index contributed by atoms with van der Waals surface area (Å²) in [4.78, 5) is 4.11. The van der Waals surface area contributed by atoms with Gasteiger partial charge in [0.15, 0.2) is 5.49 Å². The van der Waals surface area contributed by atoms with Gasteiger partial charge in [0.1, 0.15) is 0 Å². The molecule has 3 nitrogen and oxygen atoms in total. The van der Waals surface area contributed by atoms with Crippen LogP contribution in [0.2, 0.25) is 0 Å². The van der Waals surface area contributed by atoms with Crippen molar-refractivity contribution in [2.75, 3.05) is 7.05 Å². The quantitative estimate of drug-likeness (QED) is 0.672. The van der Waals surface area contributed by atoms with E-state index < -0.39 is 0 Å². The van der Waals surface area contributed by atoms with Gasteiger partial charge in [-0.1, -0.05) is 20.4 Å². The molecule has 1 heterocycles. The van der Waals surface area contributed by atoms with Gasteiger partial charge in [-0.15, -0.1) is 0 Å². The highest BCUT2D eigenvalue weighted by Gasteiger charge is 1.95. The van der Waals surface area contributed by atoms with Crippen molar-refractivity contribution < 1.29 is 0 Å². The van der Waals surface area contributed by atoms with Crippen LogP contribution in [0.15, 0.2) is 17.6 Å². The molecule has 0 amide bonds. The van der Waals surface area contributed by atoms with Crippen molar-refractivity contribution in [3.8, 4) is 0 Å². The predicted octanol–water partition coefficient (Wildman–Crippen LogP) is 2.16. The van der Waals surface area contributed by atoms with Crippen LogP contribution in [0.25, 0.3) is 6.20 Å². The highest BCUT2D eigenvalue weighted by Crippen LogP contribution is 1.92. The molecule has 0 fully saturated rings. The maximum atomic E-state index is 4.23. The van der Waals surface area contributed by atoms with Gasteiger partial charge < -0.3 is 0 Å². The number of rotatable bonds is 1. The molecule has 0 bridgehead atoms. The first-order valence-electron chi connectivity index (χ1n) is 4.81. The summed E-state index contributed by atoms with van der Waals surface area (Å²) in [6.07, 6.45) is 1.66. The zero-order chi connectivity index (χ0) is 11.1. The second kappa shape index (κ2) is 6.13. The van der Waals surface area contributed by atoms with Crippen LogP contribution in [0.4, 0.5) is 0 Å². The molecule has 0 saturated carbocycles. The summed E-state index contributed by atoms with van der Waals surface area (Å²) in [7, 11) is 1.75. The van der Waals surface area contributed by atoms with Crippen molar-refractivity contribution in [3.63, 3.8) is 0 Å². The molecule has 0 saturated heterocycles. The lowest BCUT2D eigenvalue weighted by Gasteiger charge is -2.03. The van der Waals surface area contributed by atoms with Gasteiger partial charge in [-0.3, -0.25) is 4.99 Å². The van der Waals surface area contributed by atoms with Gasteiger partial charge in [0, 0.05) is 13.2 Å². The molecule has 1 rings (SSSR count). The Bertz CT molecular complexity index is 361. The van der Waals surface area contributed by atoms with Gasteiger partial charge in [-0.25, -0.2) is 4.68 Å². The van der Waals surface area contributed by atoms with Gasteiger partial charge in [0.2, 0.25) is 0 Å². The molecule has 0 aliphatic heterocycles. The molecule has 1 aromatic heterocycles. The van der Waals surface area contributed by atoms with Crippen LogP contribution in [-0.4, -0.2) is 16.8 Å². The monoisotopic (exact) mass is 193 g/mol. The Labute approximate surface area is 85.8 Å². The van der Waals surface area contributed by atoms with Gasteiger partial charge in [0.25, 0.3) is 0 Å². The van der Waals surface area contributed by atoms with E-state index in [9.17, 15) is 0 Å². The summed E-state index contributed by atoms with van der Waals surface area (Å²) < 4.78 is 1.69. The molecule has 0 atom stereocenters. The first-order valence-corrected chi connectivity index (χ1v) is 4.81. The lowest BCUT2D eigenvalue weighted by molar-refractivity contribution is 0.790. The number of aryl methyl sites for hydroxylation is 2. The van der Waals surface area contributed by atoms with Crippen molar-refractivity contribution in [2.45, 2.75) is 27.7 Å². The van der Waals surface area contributed by atoms with Crippen LogP contribution in [0.5, 0.6) is 0 Å². The minimum absolute atomic E-state index is 0.857. The number of hydrogen-bond acceptors (Lipinski definition) is 2. The van der Waals surface area contributed by atoms with Crippen molar-refractivity contribution in [3.05, 3.63) is 29.4 Å². The van der Waals surface area contributed by atoms with Crippen LogP contribution in [0, 0.1) is 13.8 Å². The Hall–Kier alpha value is -1.38. The number of hydrogen-bond donors (Lipinski definition) is 0. The van der Waals surface area contributed by atoms with Crippen molar-refractivity contribution in [2.24, 2.45) is 4.99 Å². The van der Waals surface area contributed by atoms with Gasteiger partial charge in [-0.05, 0) is 25.5 Å². The zero-order valence-electron chi connectivity index (χ0n) is 9.70. The van der Waals surface area contributed by atoms with Gasteiger partial charge in [0.05, 0.1) is 5.69 Å². The largest absolute Gasteiger partial charge is 0.270 e. The molecular weight excluding hydrogens is 174 g/mol. The second-order valence-electron chi connectivity index (χ2n) is 2.64. The molecule has 0 N–H and O–H groups in total. The number of aromatic nitrogens is 2. The molecule has 0 aliphatic rings. The Morgan fingerprint density at radius 1 is 1.43 bits per heavy atom. The van der Waals surface area contributed by atoms with Crippen LogP contribution in [0.3, 0.4) is 0 Å². The fourth-order valence-corrected chi connectivity index (χ4v) is 1.21. The van der Waals surface area contributed by atoms with E-state index in [0.717, 1.165) is 16.7 Å². The SMILES string of the molecule is C=Cn1nc(C)cc(C)c1=NC.CC. The summed E-state index contributed by atoms with van der Waals surface area (Å²) in [5.74, 6) is 0. The first-order chi connectivity index (χ1) is 6.69. The Morgan fingerprint density at radius 3 is 2.43 bits per heavy atom. The summed E-state index contributed by atoms with van der Waals surface area (Å²) in [6, 6.07) is 2.00. The summed E-state index contributed by atoms with van der Waals surface area (Å²) in [6.45, 7) is 11.6. The third kappa shape index (κ3) is 2.83. The van der Waals surface area contributed by atoms with Crippen LogP contribution in [-0.2, 0) is 0 Å². The van der Waals surface area contributed by atoms with E-state index in [0.29, 0.717) is 0 Å². The third-order valence-electron chi connectivity index (χ3n) is 1.65. The molecule has 1 aromatic rings. The van der Waals surface area contributed by atoms with Crippen LogP contribution < -0.4 is 5.49 Å². The van der Waals surface area contributed by atoms with Crippen molar-refractivity contribution >= 4 is 6.20 Å². The van der Waals surface area contributed by atoms with Crippen LogP contribution >= 0.6 is 0 Å². The van der Waals surface area contributed by atoms with Crippen LogP contribution in [0.1, 0.15) is 25.1 Å². The van der Waals surface area contributed by atoms with E-state index in [4.69, 9.17) is 0 Å². The Balaban J connectivity index is 0.000000791. The lowest BCUT2D eigenvalue weighted by atomic mass is 10.3. The molecule has 14 heavy (non-hydrogen) atoms. The maximum Gasteiger partial charge on any atom is 0.151 e. The summed E-state index contributed by atoms with van der Waals surface area (Å²) >= 11 is 0. The molecule has 0 unspecified atom stereocenters. The average Bonchev–Trinajstić information content (AvgIpc) is 2.19. The average molecular weight is 193 g/mol. The minimum atomic E-state index is 0.857. The molecular formula is C11H19N3. The fraction of sp³-hybridized carbons (Fsp3) is 0.455. The minimum Gasteiger partial charge on any atom is -0.270 e.